The Kier molecular flexibility index (Phi) is 4.14. The summed E-state index contributed by atoms with van der Waals surface area (Å²) in [4.78, 5) is 12.1. The Bertz CT molecular complexity index is 612. The molecule has 0 bridgehead atoms. The number of ketones is 1. The molecule has 0 heterocycles. The van der Waals surface area contributed by atoms with Gasteiger partial charge in [0.05, 0.1) is 7.11 Å². The highest BCUT2D eigenvalue weighted by molar-refractivity contribution is 6.07. The molecule has 0 N–H and O–H groups in total. The van der Waals surface area contributed by atoms with Gasteiger partial charge in [-0.05, 0) is 36.3 Å². The van der Waals surface area contributed by atoms with Crippen LogP contribution >= 0.6 is 0 Å². The molecule has 0 aliphatic rings. The predicted molar refractivity (Wildman–Crippen MR) is 77.5 cm³/mol. The quantitative estimate of drug-likeness (QED) is 0.609. The largest absolute Gasteiger partial charge is 0.497 e. The molecular weight excluding hydrogens is 236 g/mol. The molecule has 2 aromatic rings. The normalized spacial score (nSPS) is 10.6. The highest BCUT2D eigenvalue weighted by atomic mass is 16.5. The Hall–Kier alpha value is -2.35. The maximum atomic E-state index is 12.1. The minimum Gasteiger partial charge on any atom is -0.497 e. The number of carbonyl (C=O) groups excluding carboxylic acids is 1. The summed E-state index contributed by atoms with van der Waals surface area (Å²) in [6.07, 6.45) is 3.40. The van der Waals surface area contributed by atoms with Crippen molar-refractivity contribution in [3.8, 4) is 5.75 Å². The highest BCUT2D eigenvalue weighted by Gasteiger charge is 2.04. The molecule has 0 saturated heterocycles. The van der Waals surface area contributed by atoms with Crippen molar-refractivity contribution in [2.45, 2.75) is 6.92 Å². The lowest BCUT2D eigenvalue weighted by Gasteiger charge is -2.01. The van der Waals surface area contributed by atoms with Crippen LogP contribution in [0.4, 0.5) is 0 Å². The van der Waals surface area contributed by atoms with Gasteiger partial charge in [-0.2, -0.15) is 0 Å². The highest BCUT2D eigenvalue weighted by Crippen LogP contribution is 2.15. The lowest BCUT2D eigenvalue weighted by molar-refractivity contribution is 0.104. The second-order valence-electron chi connectivity index (χ2n) is 4.29. The van der Waals surface area contributed by atoms with Crippen LogP contribution in [0.5, 0.6) is 5.75 Å². The first-order valence-corrected chi connectivity index (χ1v) is 6.13. The fourth-order valence-corrected chi connectivity index (χ4v) is 1.86. The van der Waals surface area contributed by atoms with Crippen molar-refractivity contribution in [2.24, 2.45) is 0 Å². The number of benzene rings is 2. The summed E-state index contributed by atoms with van der Waals surface area (Å²) in [6, 6.07) is 15.2. The fraction of sp³-hybridized carbons (Fsp3) is 0.118. The number of ether oxygens (including phenoxy) is 1. The average Bonchev–Trinajstić information content (AvgIpc) is 2.45. The van der Waals surface area contributed by atoms with Gasteiger partial charge in [0.25, 0.3) is 0 Å². The van der Waals surface area contributed by atoms with Gasteiger partial charge in [0.2, 0.25) is 0 Å². The first kappa shape index (κ1) is 13.1. The molecule has 19 heavy (non-hydrogen) atoms. The van der Waals surface area contributed by atoms with Crippen LogP contribution < -0.4 is 4.74 Å². The molecule has 96 valence electrons. The third kappa shape index (κ3) is 3.32. The van der Waals surface area contributed by atoms with Crippen LogP contribution in [-0.2, 0) is 0 Å². The minimum absolute atomic E-state index is 0.0147. The molecule has 2 rings (SSSR count). The third-order valence-electron chi connectivity index (χ3n) is 2.93. The summed E-state index contributed by atoms with van der Waals surface area (Å²) >= 11 is 0. The van der Waals surface area contributed by atoms with Gasteiger partial charge in [0, 0.05) is 5.56 Å². The molecule has 2 aromatic carbocycles. The van der Waals surface area contributed by atoms with Gasteiger partial charge >= 0.3 is 0 Å². The van der Waals surface area contributed by atoms with Gasteiger partial charge in [-0.1, -0.05) is 42.5 Å². The summed E-state index contributed by atoms with van der Waals surface area (Å²) in [7, 11) is 1.63. The van der Waals surface area contributed by atoms with E-state index in [0.717, 1.165) is 22.4 Å². The van der Waals surface area contributed by atoms with E-state index < -0.39 is 0 Å². The fourth-order valence-electron chi connectivity index (χ4n) is 1.86. The summed E-state index contributed by atoms with van der Waals surface area (Å²) in [5.74, 6) is 0.798. The van der Waals surface area contributed by atoms with Crippen molar-refractivity contribution in [1.82, 2.24) is 0 Å². The SMILES string of the molecule is COc1cccc(C=CC(=O)c2ccccc2C)c1. The average molecular weight is 252 g/mol. The van der Waals surface area contributed by atoms with Crippen LogP contribution in [0.3, 0.4) is 0 Å². The molecular formula is C17H16O2. The number of hydrogen-bond acceptors (Lipinski definition) is 2. The van der Waals surface area contributed by atoms with Crippen LogP contribution in [-0.4, -0.2) is 12.9 Å². The van der Waals surface area contributed by atoms with Gasteiger partial charge in [0.1, 0.15) is 5.75 Å². The monoisotopic (exact) mass is 252 g/mol. The summed E-state index contributed by atoms with van der Waals surface area (Å²) < 4.78 is 5.15. The third-order valence-corrected chi connectivity index (χ3v) is 2.93. The minimum atomic E-state index is 0.0147. The molecule has 2 heteroatoms. The molecule has 2 nitrogen and oxygen atoms in total. The van der Waals surface area contributed by atoms with Crippen LogP contribution in [0.15, 0.2) is 54.6 Å². The van der Waals surface area contributed by atoms with E-state index in [1.165, 1.54) is 0 Å². The van der Waals surface area contributed by atoms with E-state index in [0.29, 0.717) is 0 Å². The number of allylic oxidation sites excluding steroid dienone is 1. The van der Waals surface area contributed by atoms with Crippen molar-refractivity contribution in [3.63, 3.8) is 0 Å². The van der Waals surface area contributed by atoms with Crippen molar-refractivity contribution in [3.05, 3.63) is 71.3 Å². The van der Waals surface area contributed by atoms with E-state index in [4.69, 9.17) is 4.74 Å². The van der Waals surface area contributed by atoms with E-state index >= 15 is 0 Å². The molecule has 0 atom stereocenters. The number of aryl methyl sites for hydroxylation is 1. The lowest BCUT2D eigenvalue weighted by atomic mass is 10.0. The zero-order valence-corrected chi connectivity index (χ0v) is 11.1. The molecule has 0 unspecified atom stereocenters. The Morgan fingerprint density at radius 2 is 1.89 bits per heavy atom. The van der Waals surface area contributed by atoms with Crippen molar-refractivity contribution >= 4 is 11.9 Å². The van der Waals surface area contributed by atoms with E-state index in [2.05, 4.69) is 0 Å². The van der Waals surface area contributed by atoms with Gasteiger partial charge in [-0.15, -0.1) is 0 Å². The van der Waals surface area contributed by atoms with Crippen molar-refractivity contribution in [2.75, 3.05) is 7.11 Å². The lowest BCUT2D eigenvalue weighted by Crippen LogP contribution is -1.96. The number of rotatable bonds is 4. The van der Waals surface area contributed by atoms with Crippen LogP contribution in [0.1, 0.15) is 21.5 Å². The standard InChI is InChI=1S/C17H16O2/c1-13-6-3-4-9-16(13)17(18)11-10-14-7-5-8-15(12-14)19-2/h3-12H,1-2H3. The van der Waals surface area contributed by atoms with E-state index in [1.807, 2.05) is 55.5 Å². The summed E-state index contributed by atoms with van der Waals surface area (Å²) in [6.45, 7) is 1.94. The van der Waals surface area contributed by atoms with Crippen LogP contribution in [0, 0.1) is 6.92 Å². The second kappa shape index (κ2) is 6.01. The van der Waals surface area contributed by atoms with E-state index in [9.17, 15) is 4.79 Å². The molecule has 0 fully saturated rings. The van der Waals surface area contributed by atoms with Crippen molar-refractivity contribution in [1.29, 1.82) is 0 Å². The summed E-state index contributed by atoms with van der Waals surface area (Å²) in [5, 5.41) is 0. The van der Waals surface area contributed by atoms with E-state index in [-0.39, 0.29) is 5.78 Å². The topological polar surface area (TPSA) is 26.3 Å². The Morgan fingerprint density at radius 3 is 2.63 bits per heavy atom. The van der Waals surface area contributed by atoms with Gasteiger partial charge in [-0.3, -0.25) is 4.79 Å². The molecule has 0 aromatic heterocycles. The van der Waals surface area contributed by atoms with Gasteiger partial charge in [0.15, 0.2) is 5.78 Å². The molecule has 0 aliphatic carbocycles. The maximum Gasteiger partial charge on any atom is 0.186 e. The first-order valence-electron chi connectivity index (χ1n) is 6.13. The second-order valence-corrected chi connectivity index (χ2v) is 4.29. The predicted octanol–water partition coefficient (Wildman–Crippen LogP) is 3.90. The number of hydrogen-bond donors (Lipinski definition) is 0. The van der Waals surface area contributed by atoms with Crippen LogP contribution in [0.2, 0.25) is 0 Å². The van der Waals surface area contributed by atoms with Gasteiger partial charge < -0.3 is 4.74 Å². The van der Waals surface area contributed by atoms with Crippen molar-refractivity contribution < 1.29 is 9.53 Å². The Morgan fingerprint density at radius 1 is 1.11 bits per heavy atom. The smallest absolute Gasteiger partial charge is 0.186 e. The Labute approximate surface area is 113 Å². The first-order chi connectivity index (χ1) is 9.20. The molecule has 0 aliphatic heterocycles. The maximum absolute atomic E-state index is 12.1. The van der Waals surface area contributed by atoms with Crippen LogP contribution in [0.25, 0.3) is 6.08 Å². The Balaban J connectivity index is 2.18. The molecule has 0 saturated carbocycles. The van der Waals surface area contributed by atoms with Gasteiger partial charge in [-0.25, -0.2) is 0 Å². The molecule has 0 amide bonds. The van der Waals surface area contributed by atoms with E-state index in [1.54, 1.807) is 19.3 Å². The molecule has 0 radical (unpaired) electrons. The zero-order chi connectivity index (χ0) is 13.7. The number of carbonyl (C=O) groups is 1. The molecule has 0 spiro atoms. The number of methoxy groups -OCH3 is 1. The summed E-state index contributed by atoms with van der Waals surface area (Å²) in [5.41, 5.74) is 2.67. The zero-order valence-electron chi connectivity index (χ0n) is 11.1.